The fraction of sp³-hybridized carbons (Fsp3) is 0.267. The van der Waals surface area contributed by atoms with Gasteiger partial charge in [-0.3, -0.25) is 4.98 Å². The molecule has 0 N–H and O–H groups in total. The molecule has 0 fully saturated rings. The molecule has 1 unspecified atom stereocenters. The minimum atomic E-state index is 0.666. The fourth-order valence-corrected chi connectivity index (χ4v) is 3.99. The van der Waals surface area contributed by atoms with Crippen LogP contribution in [-0.2, 0) is 0 Å². The standard InChI is InChI=1S/C15H12BrN/c16-14-13-11-6-2-1-5-10(11)12(13)8-9-4-3-7-17-15(9)14/h3-5,7-8,11H,1-2,6H2. The van der Waals surface area contributed by atoms with E-state index in [4.69, 9.17) is 0 Å². The number of fused-ring (bicyclic) bond motifs is 5. The fourth-order valence-electron chi connectivity index (χ4n) is 3.17. The molecule has 0 bridgehead atoms. The molecule has 0 radical (unpaired) electrons. The lowest BCUT2D eigenvalue weighted by atomic mass is 9.67. The summed E-state index contributed by atoms with van der Waals surface area (Å²) < 4.78 is 1.22. The van der Waals surface area contributed by atoms with Gasteiger partial charge in [0.1, 0.15) is 0 Å². The number of benzene rings is 1. The van der Waals surface area contributed by atoms with E-state index in [1.54, 1.807) is 5.57 Å². The maximum Gasteiger partial charge on any atom is 0.0847 e. The van der Waals surface area contributed by atoms with Gasteiger partial charge in [0, 0.05) is 22.0 Å². The minimum Gasteiger partial charge on any atom is -0.255 e. The molecule has 0 amide bonds. The highest BCUT2D eigenvalue weighted by atomic mass is 79.9. The molecule has 0 saturated carbocycles. The topological polar surface area (TPSA) is 12.9 Å². The predicted octanol–water partition coefficient (Wildman–Crippen LogP) is 4.66. The van der Waals surface area contributed by atoms with Crippen LogP contribution in [0.4, 0.5) is 0 Å². The van der Waals surface area contributed by atoms with Gasteiger partial charge < -0.3 is 0 Å². The van der Waals surface area contributed by atoms with Crippen LogP contribution in [-0.4, -0.2) is 4.98 Å². The van der Waals surface area contributed by atoms with Gasteiger partial charge in [-0.2, -0.15) is 0 Å². The van der Waals surface area contributed by atoms with Crippen molar-refractivity contribution in [3.05, 3.63) is 46.1 Å². The summed E-state index contributed by atoms with van der Waals surface area (Å²) in [7, 11) is 0. The molecule has 2 heteroatoms. The maximum absolute atomic E-state index is 4.49. The Bertz CT molecular complexity index is 657. The maximum atomic E-state index is 4.49. The Morgan fingerprint density at radius 2 is 2.29 bits per heavy atom. The van der Waals surface area contributed by atoms with Gasteiger partial charge >= 0.3 is 0 Å². The summed E-state index contributed by atoms with van der Waals surface area (Å²) in [6.07, 6.45) is 8.16. The van der Waals surface area contributed by atoms with E-state index in [9.17, 15) is 0 Å². The van der Waals surface area contributed by atoms with Crippen LogP contribution in [0.25, 0.3) is 16.5 Å². The van der Waals surface area contributed by atoms with E-state index >= 15 is 0 Å². The normalized spacial score (nSPS) is 21.5. The number of pyridine rings is 1. The molecule has 0 saturated heterocycles. The van der Waals surface area contributed by atoms with Crippen molar-refractivity contribution in [1.82, 2.24) is 4.98 Å². The molecular formula is C15H12BrN. The van der Waals surface area contributed by atoms with Crippen molar-refractivity contribution in [3.8, 4) is 0 Å². The van der Waals surface area contributed by atoms with E-state index in [0.717, 1.165) is 5.52 Å². The highest BCUT2D eigenvalue weighted by molar-refractivity contribution is 9.10. The lowest BCUT2D eigenvalue weighted by Gasteiger charge is -2.38. The van der Waals surface area contributed by atoms with Gasteiger partial charge in [0.15, 0.2) is 0 Å². The van der Waals surface area contributed by atoms with Gasteiger partial charge in [-0.15, -0.1) is 0 Å². The monoisotopic (exact) mass is 285 g/mol. The van der Waals surface area contributed by atoms with Crippen molar-refractivity contribution in [1.29, 1.82) is 0 Å². The second-order valence-corrected chi connectivity index (χ2v) is 5.66. The number of aromatic nitrogens is 1. The Balaban J connectivity index is 2.06. The molecular weight excluding hydrogens is 274 g/mol. The summed E-state index contributed by atoms with van der Waals surface area (Å²) >= 11 is 3.76. The molecule has 2 aromatic rings. The van der Waals surface area contributed by atoms with Crippen molar-refractivity contribution in [2.45, 2.75) is 25.2 Å². The number of hydrogen-bond acceptors (Lipinski definition) is 1. The third kappa shape index (κ3) is 1.22. The lowest BCUT2D eigenvalue weighted by Crippen LogP contribution is -2.19. The number of halogens is 1. The first-order chi connectivity index (χ1) is 8.36. The van der Waals surface area contributed by atoms with Crippen LogP contribution in [0.2, 0.25) is 0 Å². The molecule has 1 heterocycles. The zero-order valence-corrected chi connectivity index (χ0v) is 11.0. The molecule has 1 aromatic heterocycles. The van der Waals surface area contributed by atoms with Crippen LogP contribution in [0.5, 0.6) is 0 Å². The first-order valence-corrected chi connectivity index (χ1v) is 6.93. The summed E-state index contributed by atoms with van der Waals surface area (Å²) in [5.41, 5.74) is 5.61. The Morgan fingerprint density at radius 3 is 3.24 bits per heavy atom. The van der Waals surface area contributed by atoms with Gasteiger partial charge in [0.25, 0.3) is 0 Å². The van der Waals surface area contributed by atoms with Crippen molar-refractivity contribution in [3.63, 3.8) is 0 Å². The van der Waals surface area contributed by atoms with Crippen LogP contribution in [0.3, 0.4) is 0 Å². The Labute approximate surface area is 109 Å². The summed E-state index contributed by atoms with van der Waals surface area (Å²) in [6, 6.07) is 6.45. The van der Waals surface area contributed by atoms with E-state index in [1.165, 1.54) is 40.2 Å². The molecule has 1 atom stereocenters. The molecule has 2 aliphatic carbocycles. The number of allylic oxidation sites excluding steroid dienone is 2. The SMILES string of the molecule is Brc1c2c(cc3cccnc13)C1=CCCCC12. The molecule has 0 aliphatic heterocycles. The summed E-state index contributed by atoms with van der Waals surface area (Å²) in [5, 5.41) is 1.24. The summed E-state index contributed by atoms with van der Waals surface area (Å²) in [4.78, 5) is 4.49. The van der Waals surface area contributed by atoms with E-state index < -0.39 is 0 Å². The zero-order chi connectivity index (χ0) is 11.4. The molecule has 84 valence electrons. The van der Waals surface area contributed by atoms with Crippen LogP contribution < -0.4 is 0 Å². The van der Waals surface area contributed by atoms with Crippen molar-refractivity contribution in [2.24, 2.45) is 0 Å². The molecule has 4 rings (SSSR count). The smallest absolute Gasteiger partial charge is 0.0847 e. The number of rotatable bonds is 0. The average Bonchev–Trinajstić information content (AvgIpc) is 2.36. The molecule has 1 nitrogen and oxygen atoms in total. The van der Waals surface area contributed by atoms with Gasteiger partial charge in [-0.05, 0) is 64.0 Å². The Morgan fingerprint density at radius 1 is 1.35 bits per heavy atom. The Hall–Kier alpha value is -1.15. The van der Waals surface area contributed by atoms with E-state index in [0.29, 0.717) is 5.92 Å². The number of nitrogens with zero attached hydrogens (tertiary/aromatic N) is 1. The first-order valence-electron chi connectivity index (χ1n) is 6.14. The highest BCUT2D eigenvalue weighted by Crippen LogP contribution is 2.55. The van der Waals surface area contributed by atoms with E-state index in [1.807, 2.05) is 12.3 Å². The summed E-state index contributed by atoms with van der Waals surface area (Å²) in [6.45, 7) is 0. The van der Waals surface area contributed by atoms with Crippen molar-refractivity contribution >= 4 is 32.4 Å². The largest absolute Gasteiger partial charge is 0.255 e. The van der Waals surface area contributed by atoms with Crippen LogP contribution >= 0.6 is 15.9 Å². The first kappa shape index (κ1) is 9.84. The second-order valence-electron chi connectivity index (χ2n) is 4.87. The molecule has 17 heavy (non-hydrogen) atoms. The van der Waals surface area contributed by atoms with Crippen LogP contribution in [0.15, 0.2) is 34.9 Å². The summed E-state index contributed by atoms with van der Waals surface area (Å²) in [5.74, 6) is 0.666. The Kier molecular flexibility index (Phi) is 1.98. The highest BCUT2D eigenvalue weighted by Gasteiger charge is 2.35. The third-order valence-electron chi connectivity index (χ3n) is 3.97. The molecule has 1 aromatic carbocycles. The van der Waals surface area contributed by atoms with Crippen LogP contribution in [0.1, 0.15) is 36.3 Å². The van der Waals surface area contributed by atoms with Gasteiger partial charge in [-0.1, -0.05) is 12.1 Å². The van der Waals surface area contributed by atoms with Gasteiger partial charge in [0.05, 0.1) is 5.52 Å². The van der Waals surface area contributed by atoms with E-state index in [2.05, 4.69) is 39.1 Å². The second kappa shape index (κ2) is 3.42. The molecule has 2 aliphatic rings. The predicted molar refractivity (Wildman–Crippen MR) is 74.0 cm³/mol. The lowest BCUT2D eigenvalue weighted by molar-refractivity contribution is 0.641. The zero-order valence-electron chi connectivity index (χ0n) is 9.41. The molecule has 0 spiro atoms. The van der Waals surface area contributed by atoms with Crippen molar-refractivity contribution < 1.29 is 0 Å². The third-order valence-corrected chi connectivity index (χ3v) is 4.77. The average molecular weight is 286 g/mol. The van der Waals surface area contributed by atoms with Gasteiger partial charge in [-0.25, -0.2) is 0 Å². The quantitative estimate of drug-likeness (QED) is 0.686. The van der Waals surface area contributed by atoms with Gasteiger partial charge in [0.2, 0.25) is 0 Å². The van der Waals surface area contributed by atoms with Crippen molar-refractivity contribution in [2.75, 3.05) is 0 Å². The van der Waals surface area contributed by atoms with Crippen LogP contribution in [0, 0.1) is 0 Å². The minimum absolute atomic E-state index is 0.666. The van der Waals surface area contributed by atoms with E-state index in [-0.39, 0.29) is 0 Å². The number of hydrogen-bond donors (Lipinski definition) is 0.